The third kappa shape index (κ3) is 7.50. The fourth-order valence-electron chi connectivity index (χ4n) is 4.41. The number of carbonyl (C=O) groups is 5. The molecule has 0 spiro atoms. The minimum Gasteiger partial charge on any atom is -0.481 e. The second-order valence-corrected chi connectivity index (χ2v) is 10.1. The van der Waals surface area contributed by atoms with Gasteiger partial charge in [0.2, 0.25) is 0 Å². The lowest BCUT2D eigenvalue weighted by Crippen LogP contribution is -2.53. The molecule has 4 unspecified atom stereocenters. The number of aliphatic carboxylic acids is 1. The summed E-state index contributed by atoms with van der Waals surface area (Å²) in [5, 5.41) is 23.9. The summed E-state index contributed by atoms with van der Waals surface area (Å²) in [6, 6.07) is -2.86. The summed E-state index contributed by atoms with van der Waals surface area (Å²) in [5.74, 6) is -4.93. The predicted octanol–water partition coefficient (Wildman–Crippen LogP) is 0.485. The van der Waals surface area contributed by atoms with Gasteiger partial charge in [-0.2, -0.15) is 0 Å². The van der Waals surface area contributed by atoms with Crippen molar-refractivity contribution >= 4 is 40.7 Å². The predicted molar refractivity (Wildman–Crippen MR) is 141 cm³/mol. The highest BCUT2D eigenvalue weighted by Gasteiger charge is 2.40. The van der Waals surface area contributed by atoms with Gasteiger partial charge in [-0.25, -0.2) is 4.90 Å². The smallest absolute Gasteiger partial charge is 0.303 e. The molecule has 1 aliphatic heterocycles. The third-order valence-corrected chi connectivity index (χ3v) is 6.35. The first-order valence-corrected chi connectivity index (χ1v) is 12.7. The van der Waals surface area contributed by atoms with E-state index in [0.717, 1.165) is 12.1 Å². The Hall–Kier alpha value is -3.59. The zero-order valence-electron chi connectivity index (χ0n) is 22.2. The number of benzene rings is 1. The number of nitrogens with one attached hydrogen (secondary N) is 1. The fraction of sp³-hybridized carbons (Fsp3) is 0.560. The number of hydrogen-bond donors (Lipinski definition) is 5. The Bertz CT molecular complexity index is 1150. The highest BCUT2D eigenvalue weighted by molar-refractivity contribution is 6.24. The number of nitrogens with zero attached hydrogens (tertiary/aromatic N) is 2. The molecule has 0 aliphatic carbocycles. The molecule has 14 nitrogen and oxygen atoms in total. The van der Waals surface area contributed by atoms with Gasteiger partial charge in [-0.05, 0) is 51.1 Å². The van der Waals surface area contributed by atoms with E-state index in [1.807, 2.05) is 13.8 Å². The van der Waals surface area contributed by atoms with Crippen LogP contribution in [0.3, 0.4) is 0 Å². The SMILES string of the molecule is CC(C)CC(N)C(=O)N(C(=O)C1CCCN1)c1ccc([N+](=O)[O-])c(C(=O)C(N)CCC(=O)O)c1C(=O)C(C)N. The quantitative estimate of drug-likeness (QED) is 0.128. The number of Topliss-reactive ketones (excluding diaryl/α,β-unsaturated/α-hetero) is 2. The Kier molecular flexibility index (Phi) is 10.9. The van der Waals surface area contributed by atoms with Crippen LogP contribution in [0.15, 0.2) is 12.1 Å². The Morgan fingerprint density at radius 1 is 1.08 bits per heavy atom. The molecule has 2 amide bonds. The molecule has 1 heterocycles. The number of nitro groups is 1. The molecule has 214 valence electrons. The van der Waals surface area contributed by atoms with Crippen molar-refractivity contribution in [1.29, 1.82) is 0 Å². The number of carbonyl (C=O) groups excluding carboxylic acids is 4. The van der Waals surface area contributed by atoms with Crippen LogP contribution in [0.4, 0.5) is 11.4 Å². The van der Waals surface area contributed by atoms with Crippen LogP contribution >= 0.6 is 0 Å². The van der Waals surface area contributed by atoms with E-state index in [4.69, 9.17) is 22.3 Å². The van der Waals surface area contributed by atoms with Gasteiger partial charge in [0.25, 0.3) is 17.5 Å². The second-order valence-electron chi connectivity index (χ2n) is 10.1. The summed E-state index contributed by atoms with van der Waals surface area (Å²) in [4.78, 5) is 76.9. The second kappa shape index (κ2) is 13.5. The number of imide groups is 1. The zero-order chi connectivity index (χ0) is 29.6. The molecular formula is C25H36N6O8. The maximum Gasteiger partial charge on any atom is 0.303 e. The molecule has 2 rings (SSSR count). The highest BCUT2D eigenvalue weighted by Crippen LogP contribution is 2.35. The minimum absolute atomic E-state index is 0.0306. The van der Waals surface area contributed by atoms with Gasteiger partial charge in [0.05, 0.1) is 40.3 Å². The number of nitro benzene ring substituents is 1. The summed E-state index contributed by atoms with van der Waals surface area (Å²) in [7, 11) is 0. The maximum atomic E-state index is 13.7. The number of rotatable bonds is 13. The number of carboxylic acid groups (broad SMARTS) is 1. The van der Waals surface area contributed by atoms with Crippen molar-refractivity contribution in [2.75, 3.05) is 11.4 Å². The van der Waals surface area contributed by atoms with Crippen LogP contribution in [0.1, 0.15) is 73.6 Å². The van der Waals surface area contributed by atoms with Crippen LogP contribution in [0, 0.1) is 16.0 Å². The number of ketones is 2. The molecule has 0 aromatic heterocycles. The van der Waals surface area contributed by atoms with E-state index in [-0.39, 0.29) is 24.4 Å². The standard InChI is InChI=1S/C25H36N6O8/c1-12(2)11-15(28)24(36)30(25(37)16-5-4-10-29-16)17-7-8-18(31(38)39)21(20(17)22(34)13(3)26)23(35)14(27)6-9-19(32)33/h7-8,12-16,29H,4-6,9-11,26-28H2,1-3H3,(H,32,33). The Morgan fingerprint density at radius 2 is 1.72 bits per heavy atom. The lowest BCUT2D eigenvalue weighted by atomic mass is 9.89. The van der Waals surface area contributed by atoms with E-state index in [9.17, 15) is 34.1 Å². The van der Waals surface area contributed by atoms with E-state index in [2.05, 4.69) is 5.32 Å². The molecule has 8 N–H and O–H groups in total. The first-order valence-electron chi connectivity index (χ1n) is 12.7. The van der Waals surface area contributed by atoms with Gasteiger partial charge in [0.15, 0.2) is 11.6 Å². The van der Waals surface area contributed by atoms with Crippen LogP contribution in [0.5, 0.6) is 0 Å². The van der Waals surface area contributed by atoms with E-state index < -0.39 is 81.7 Å². The van der Waals surface area contributed by atoms with Gasteiger partial charge >= 0.3 is 5.97 Å². The minimum atomic E-state index is -1.53. The summed E-state index contributed by atoms with van der Waals surface area (Å²) in [6.45, 7) is 5.43. The van der Waals surface area contributed by atoms with E-state index in [0.29, 0.717) is 24.3 Å². The first-order chi connectivity index (χ1) is 18.2. The molecule has 1 saturated heterocycles. The third-order valence-electron chi connectivity index (χ3n) is 6.35. The van der Waals surface area contributed by atoms with Gasteiger partial charge in [0, 0.05) is 12.5 Å². The lowest BCUT2D eigenvalue weighted by molar-refractivity contribution is -0.385. The maximum absolute atomic E-state index is 13.7. The molecule has 0 radical (unpaired) electrons. The Morgan fingerprint density at radius 3 is 2.21 bits per heavy atom. The van der Waals surface area contributed by atoms with Gasteiger partial charge in [-0.15, -0.1) is 0 Å². The van der Waals surface area contributed by atoms with Gasteiger partial charge in [0.1, 0.15) is 5.56 Å². The van der Waals surface area contributed by atoms with Crippen LogP contribution in [-0.2, 0) is 14.4 Å². The average Bonchev–Trinajstić information content (AvgIpc) is 3.40. The van der Waals surface area contributed by atoms with Crippen molar-refractivity contribution in [1.82, 2.24) is 5.32 Å². The monoisotopic (exact) mass is 548 g/mol. The van der Waals surface area contributed by atoms with Crippen molar-refractivity contribution in [3.63, 3.8) is 0 Å². The number of nitrogens with two attached hydrogens (primary N) is 3. The number of amides is 2. The number of carboxylic acids is 1. The van der Waals surface area contributed by atoms with Gasteiger partial charge < -0.3 is 27.6 Å². The van der Waals surface area contributed by atoms with Crippen LogP contribution in [0.2, 0.25) is 0 Å². The van der Waals surface area contributed by atoms with E-state index in [1.54, 1.807) is 0 Å². The molecule has 1 fully saturated rings. The van der Waals surface area contributed by atoms with Crippen molar-refractivity contribution in [3.8, 4) is 0 Å². The molecule has 14 heteroatoms. The molecular weight excluding hydrogens is 512 g/mol. The summed E-state index contributed by atoms with van der Waals surface area (Å²) in [6.07, 6.45) is 0.323. The Balaban J connectivity index is 2.88. The largest absolute Gasteiger partial charge is 0.481 e. The molecule has 4 atom stereocenters. The van der Waals surface area contributed by atoms with E-state index in [1.165, 1.54) is 6.92 Å². The van der Waals surface area contributed by atoms with Crippen molar-refractivity contribution in [2.45, 2.75) is 77.0 Å². The zero-order valence-corrected chi connectivity index (χ0v) is 22.2. The number of anilines is 1. The van der Waals surface area contributed by atoms with Crippen molar-refractivity contribution < 1.29 is 34.0 Å². The van der Waals surface area contributed by atoms with Crippen LogP contribution in [0.25, 0.3) is 0 Å². The molecule has 39 heavy (non-hydrogen) atoms. The number of hydrogen-bond acceptors (Lipinski definition) is 11. The highest BCUT2D eigenvalue weighted by atomic mass is 16.6. The van der Waals surface area contributed by atoms with Crippen LogP contribution in [-0.4, -0.2) is 70.1 Å². The topological polar surface area (TPSA) is 242 Å². The Labute approximate surface area is 225 Å². The molecule has 1 aromatic carbocycles. The molecule has 0 bridgehead atoms. The van der Waals surface area contributed by atoms with Crippen molar-refractivity contribution in [2.24, 2.45) is 23.1 Å². The van der Waals surface area contributed by atoms with Gasteiger partial charge in [-0.1, -0.05) is 13.8 Å². The fourth-order valence-corrected chi connectivity index (χ4v) is 4.41. The molecule has 1 aromatic rings. The molecule has 1 aliphatic rings. The van der Waals surface area contributed by atoms with E-state index >= 15 is 0 Å². The summed E-state index contributed by atoms with van der Waals surface area (Å²) < 4.78 is 0. The average molecular weight is 549 g/mol. The lowest BCUT2D eigenvalue weighted by Gasteiger charge is -2.29. The van der Waals surface area contributed by atoms with Crippen LogP contribution < -0.4 is 27.4 Å². The summed E-state index contributed by atoms with van der Waals surface area (Å²) >= 11 is 0. The first kappa shape index (κ1) is 31.6. The van der Waals surface area contributed by atoms with Crippen molar-refractivity contribution in [3.05, 3.63) is 33.4 Å². The van der Waals surface area contributed by atoms with Gasteiger partial charge in [-0.3, -0.25) is 34.1 Å². The summed E-state index contributed by atoms with van der Waals surface area (Å²) in [5.41, 5.74) is 15.3. The normalized spacial score (nSPS) is 17.4. The molecule has 0 saturated carbocycles.